The Kier molecular flexibility index (Phi) is 4.42. The molecule has 0 aliphatic heterocycles. The van der Waals surface area contributed by atoms with Crippen molar-refractivity contribution in [2.45, 2.75) is 0 Å². The van der Waals surface area contributed by atoms with Crippen molar-refractivity contribution in [3.05, 3.63) is 20.2 Å². The van der Waals surface area contributed by atoms with E-state index in [2.05, 4.69) is 0 Å². The lowest BCUT2D eigenvalue weighted by molar-refractivity contribution is -0.525. The molecule has 0 saturated heterocycles. The Hall–Kier alpha value is -1.24. The zero-order valence-electron chi connectivity index (χ0n) is 3.84. The number of amides is 2. The van der Waals surface area contributed by atoms with Crippen molar-refractivity contribution in [1.29, 1.82) is 0 Å². The molecule has 0 N–H and O–H groups in total. The average molecular weight is 156 g/mol. The molecule has 0 radical (unpaired) electrons. The molecular weight excluding hydrogens is 155 g/mol. The predicted octanol–water partition coefficient (Wildman–Crippen LogP) is 0.0816. The molecule has 2 amide bonds. The smallest absolute Gasteiger partial charge is 0.250 e. The van der Waals surface area contributed by atoms with Crippen LogP contribution in [0.5, 0.6) is 0 Å². The molecule has 9 heavy (non-hydrogen) atoms. The van der Waals surface area contributed by atoms with Crippen molar-refractivity contribution in [2.75, 3.05) is 0 Å². The molecule has 0 heterocycles. The van der Waals surface area contributed by atoms with E-state index >= 15 is 0 Å². The standard InChI is InChI=1S/CN2O5.ClH/c4-1(2(5)6)3(7)8;/h;1H. The number of nitrogens with zero attached hydrogens (tertiary/aromatic N) is 2. The fourth-order valence-electron chi connectivity index (χ4n) is 0.0667. The third-order valence-electron chi connectivity index (χ3n) is 0.312. The maximum Gasteiger partial charge on any atom is 0.789 e. The topological polar surface area (TPSA) is 103 Å². The maximum atomic E-state index is 9.44. The highest BCUT2D eigenvalue weighted by Gasteiger charge is 2.30. The molecule has 0 aliphatic rings. The average Bonchev–Trinajstić information content (AvgIpc) is 1.64. The summed E-state index contributed by atoms with van der Waals surface area (Å²) in [6.45, 7) is 0. The molecule has 0 aromatic heterocycles. The highest BCUT2D eigenvalue weighted by Crippen LogP contribution is 1.76. The monoisotopic (exact) mass is 156 g/mol. The van der Waals surface area contributed by atoms with Gasteiger partial charge >= 0.3 is 6.03 Å². The van der Waals surface area contributed by atoms with Gasteiger partial charge in [0.1, 0.15) is 0 Å². The Bertz CT molecular complexity index is 137. The summed E-state index contributed by atoms with van der Waals surface area (Å²) in [6.07, 6.45) is 0. The molecule has 0 aliphatic carbocycles. The molecule has 0 spiro atoms. The van der Waals surface area contributed by atoms with Gasteiger partial charge < -0.3 is 0 Å². The number of urea groups is 1. The molecule has 52 valence electrons. The normalized spacial score (nSPS) is 7.11. The molecule has 0 fully saturated rings. The quantitative estimate of drug-likeness (QED) is 0.365. The maximum absolute atomic E-state index is 9.44. The van der Waals surface area contributed by atoms with Crippen LogP contribution in [0.2, 0.25) is 0 Å². The third kappa shape index (κ3) is 3.35. The fraction of sp³-hybridized carbons (Fsp3) is 0. The number of halogens is 1. The van der Waals surface area contributed by atoms with Crippen molar-refractivity contribution in [1.82, 2.24) is 0 Å². The summed E-state index contributed by atoms with van der Waals surface area (Å²) in [4.78, 5) is 24.6. The Morgan fingerprint density at radius 2 is 1.33 bits per heavy atom. The molecule has 7 nitrogen and oxygen atoms in total. The SMILES string of the molecule is Cl.O=C([N+](=O)[O-])[N+](=O)[O-]. The van der Waals surface area contributed by atoms with Gasteiger partial charge in [0, 0.05) is 0 Å². The van der Waals surface area contributed by atoms with Crippen LogP contribution in [0.3, 0.4) is 0 Å². The molecule has 8 heteroatoms. The van der Waals surface area contributed by atoms with E-state index in [1.807, 2.05) is 0 Å². The lowest BCUT2D eigenvalue weighted by atomic mass is 11.1. The van der Waals surface area contributed by atoms with Crippen LogP contribution in [0, 0.1) is 20.2 Å². The van der Waals surface area contributed by atoms with Gasteiger partial charge in [-0.3, -0.25) is 20.2 Å². The molecule has 0 bridgehead atoms. The van der Waals surface area contributed by atoms with Gasteiger partial charge in [0.05, 0.1) is 0 Å². The summed E-state index contributed by atoms with van der Waals surface area (Å²) in [5.41, 5.74) is 0. The summed E-state index contributed by atoms with van der Waals surface area (Å²) in [6, 6.07) is -2.20. The van der Waals surface area contributed by atoms with Crippen molar-refractivity contribution >= 4 is 18.4 Å². The zero-order valence-corrected chi connectivity index (χ0v) is 4.66. The number of hydrogen-bond donors (Lipinski definition) is 0. The van der Waals surface area contributed by atoms with Crippen LogP contribution >= 0.6 is 12.4 Å². The van der Waals surface area contributed by atoms with Crippen LogP contribution in [0.25, 0.3) is 0 Å². The van der Waals surface area contributed by atoms with E-state index in [9.17, 15) is 4.79 Å². The third-order valence-corrected chi connectivity index (χ3v) is 0.312. The van der Waals surface area contributed by atoms with Crippen LogP contribution in [-0.4, -0.2) is 15.9 Å². The number of carbonyl (C=O) groups excluding carboxylic acids is 1. The Morgan fingerprint density at radius 3 is 1.33 bits per heavy atom. The van der Waals surface area contributed by atoms with Gasteiger partial charge in [-0.15, -0.1) is 17.2 Å². The van der Waals surface area contributed by atoms with Gasteiger partial charge in [0.15, 0.2) is 9.85 Å². The summed E-state index contributed by atoms with van der Waals surface area (Å²) in [5, 5.41) is 18.3. The highest BCUT2D eigenvalue weighted by molar-refractivity contribution is 5.85. The van der Waals surface area contributed by atoms with Crippen molar-refractivity contribution in [2.24, 2.45) is 0 Å². The summed E-state index contributed by atoms with van der Waals surface area (Å²) < 4.78 is 0. The van der Waals surface area contributed by atoms with Crippen LogP contribution in [0.1, 0.15) is 0 Å². The molecule has 0 saturated carbocycles. The zero-order chi connectivity index (χ0) is 6.73. The molecule has 0 aromatic carbocycles. The summed E-state index contributed by atoms with van der Waals surface area (Å²) >= 11 is 0. The van der Waals surface area contributed by atoms with E-state index in [1.54, 1.807) is 0 Å². The minimum atomic E-state index is -2.20. The minimum absolute atomic E-state index is 0. The summed E-state index contributed by atoms with van der Waals surface area (Å²) in [5.74, 6) is 0. The van der Waals surface area contributed by atoms with E-state index in [-0.39, 0.29) is 12.4 Å². The molecule has 0 aromatic rings. The first-order valence-corrected chi connectivity index (χ1v) is 1.38. The lowest BCUT2D eigenvalue weighted by Gasteiger charge is -1.74. The molecular formula is CHClN2O5. The van der Waals surface area contributed by atoms with Crippen molar-refractivity contribution in [3.63, 3.8) is 0 Å². The van der Waals surface area contributed by atoms with Crippen LogP contribution in [0.4, 0.5) is 4.79 Å². The van der Waals surface area contributed by atoms with Gasteiger partial charge in [-0.05, 0) is 0 Å². The largest absolute Gasteiger partial charge is 0.789 e. The van der Waals surface area contributed by atoms with Crippen LogP contribution < -0.4 is 0 Å². The van der Waals surface area contributed by atoms with E-state index in [0.29, 0.717) is 0 Å². The van der Waals surface area contributed by atoms with Gasteiger partial charge in [-0.2, -0.15) is 0 Å². The second-order valence-corrected chi connectivity index (χ2v) is 0.797. The highest BCUT2D eigenvalue weighted by atomic mass is 35.5. The lowest BCUT2D eigenvalue weighted by Crippen LogP contribution is -2.18. The van der Waals surface area contributed by atoms with E-state index in [4.69, 9.17) is 20.2 Å². The first kappa shape index (κ1) is 10.7. The second-order valence-electron chi connectivity index (χ2n) is 0.797. The van der Waals surface area contributed by atoms with Gasteiger partial charge in [-0.25, -0.2) is 0 Å². The van der Waals surface area contributed by atoms with Crippen molar-refractivity contribution in [3.8, 4) is 0 Å². The van der Waals surface area contributed by atoms with E-state index in [0.717, 1.165) is 0 Å². The number of hydrogen-bond acceptors (Lipinski definition) is 5. The van der Waals surface area contributed by atoms with Gasteiger partial charge in [-0.1, -0.05) is 0 Å². The predicted molar refractivity (Wildman–Crippen MR) is 26.6 cm³/mol. The molecule has 0 unspecified atom stereocenters. The second kappa shape index (κ2) is 3.72. The summed E-state index contributed by atoms with van der Waals surface area (Å²) in [7, 11) is 0. The Morgan fingerprint density at radius 1 is 1.11 bits per heavy atom. The Labute approximate surface area is 54.4 Å². The first-order valence-electron chi connectivity index (χ1n) is 1.38. The molecule has 0 rings (SSSR count). The fourth-order valence-corrected chi connectivity index (χ4v) is 0.0667. The van der Waals surface area contributed by atoms with E-state index in [1.165, 1.54) is 0 Å². The van der Waals surface area contributed by atoms with Gasteiger partial charge in [0.25, 0.3) is 0 Å². The van der Waals surface area contributed by atoms with Crippen molar-refractivity contribution < 1.29 is 14.6 Å². The minimum Gasteiger partial charge on any atom is -0.250 e. The van der Waals surface area contributed by atoms with Crippen LogP contribution in [0.15, 0.2) is 0 Å². The Balaban J connectivity index is 0. The number of carbonyl (C=O) groups is 1. The molecule has 0 atom stereocenters. The van der Waals surface area contributed by atoms with Gasteiger partial charge in [0.2, 0.25) is 0 Å². The first-order chi connectivity index (χ1) is 3.55. The van der Waals surface area contributed by atoms with Crippen LogP contribution in [-0.2, 0) is 0 Å². The van der Waals surface area contributed by atoms with E-state index < -0.39 is 15.9 Å². The number of nitro groups is 2. The number of rotatable bonds is 0.